The van der Waals surface area contributed by atoms with Crippen LogP contribution >= 0.6 is 0 Å². The standard InChI is InChI=1S/C24H25N5O/c1-14(2)15-6-8-16(9-7-15)27-21(30)24-11-10-23(5,22(24,3)4)19-20(24)29-18(13-26)17(12-25)28-19/h6-9,14H,10-11H2,1-5H3,(H,27,30). The highest BCUT2D eigenvalue weighted by atomic mass is 16.2. The zero-order valence-electron chi connectivity index (χ0n) is 18.0. The Kier molecular flexibility index (Phi) is 4.26. The molecule has 0 radical (unpaired) electrons. The van der Waals surface area contributed by atoms with Crippen molar-refractivity contribution in [3.63, 3.8) is 0 Å². The first-order valence-corrected chi connectivity index (χ1v) is 10.3. The third kappa shape index (κ3) is 2.31. The molecule has 2 bridgehead atoms. The van der Waals surface area contributed by atoms with Crippen LogP contribution in [0.3, 0.4) is 0 Å². The Labute approximate surface area is 177 Å². The van der Waals surface area contributed by atoms with Gasteiger partial charge in [-0.3, -0.25) is 4.79 Å². The molecule has 1 aromatic heterocycles. The van der Waals surface area contributed by atoms with Crippen LogP contribution in [0.2, 0.25) is 0 Å². The molecule has 0 spiro atoms. The van der Waals surface area contributed by atoms with Crippen molar-refractivity contribution in [2.45, 2.75) is 64.2 Å². The molecule has 30 heavy (non-hydrogen) atoms. The Morgan fingerprint density at radius 2 is 1.57 bits per heavy atom. The summed E-state index contributed by atoms with van der Waals surface area (Å²) >= 11 is 0. The number of hydrogen-bond acceptors (Lipinski definition) is 5. The highest BCUT2D eigenvalue weighted by molar-refractivity contribution is 6.01. The van der Waals surface area contributed by atoms with E-state index in [4.69, 9.17) is 0 Å². The molecule has 2 aliphatic rings. The molecule has 6 nitrogen and oxygen atoms in total. The molecule has 4 rings (SSSR count). The molecule has 0 aliphatic heterocycles. The van der Waals surface area contributed by atoms with Gasteiger partial charge in [0.1, 0.15) is 12.1 Å². The quantitative estimate of drug-likeness (QED) is 0.828. The average molecular weight is 399 g/mol. The zero-order valence-corrected chi connectivity index (χ0v) is 18.0. The van der Waals surface area contributed by atoms with Crippen molar-refractivity contribution < 1.29 is 4.79 Å². The molecule has 2 unspecified atom stereocenters. The van der Waals surface area contributed by atoms with Gasteiger partial charge in [0.05, 0.1) is 16.8 Å². The Morgan fingerprint density at radius 3 is 2.10 bits per heavy atom. The van der Waals surface area contributed by atoms with E-state index in [1.165, 1.54) is 5.56 Å². The van der Waals surface area contributed by atoms with E-state index >= 15 is 0 Å². The van der Waals surface area contributed by atoms with Gasteiger partial charge in [-0.15, -0.1) is 0 Å². The van der Waals surface area contributed by atoms with Crippen molar-refractivity contribution in [3.05, 3.63) is 52.6 Å². The second-order valence-electron chi connectivity index (χ2n) is 9.43. The molecular weight excluding hydrogens is 374 g/mol. The summed E-state index contributed by atoms with van der Waals surface area (Å²) in [5.74, 6) is 0.286. The van der Waals surface area contributed by atoms with Crippen LogP contribution in [0.15, 0.2) is 24.3 Å². The lowest BCUT2D eigenvalue weighted by atomic mass is 9.63. The Balaban J connectivity index is 1.82. The van der Waals surface area contributed by atoms with Crippen LogP contribution in [0.5, 0.6) is 0 Å². The maximum absolute atomic E-state index is 13.8. The molecule has 1 N–H and O–H groups in total. The van der Waals surface area contributed by atoms with Gasteiger partial charge in [-0.25, -0.2) is 9.97 Å². The summed E-state index contributed by atoms with van der Waals surface area (Å²) < 4.78 is 0. The minimum atomic E-state index is -0.902. The van der Waals surface area contributed by atoms with Crippen molar-refractivity contribution >= 4 is 11.6 Å². The topological polar surface area (TPSA) is 102 Å². The van der Waals surface area contributed by atoms with Crippen LogP contribution in [0.1, 0.15) is 81.7 Å². The molecule has 6 heteroatoms. The molecular formula is C24H25N5O. The van der Waals surface area contributed by atoms with Crippen molar-refractivity contribution in [1.29, 1.82) is 10.5 Å². The van der Waals surface area contributed by atoms with Gasteiger partial charge in [-0.2, -0.15) is 10.5 Å². The van der Waals surface area contributed by atoms with E-state index in [-0.39, 0.29) is 17.3 Å². The molecule has 2 aromatic rings. The number of nitrogens with zero attached hydrogens (tertiary/aromatic N) is 4. The zero-order chi connectivity index (χ0) is 21.9. The van der Waals surface area contributed by atoms with E-state index in [0.717, 1.165) is 12.1 Å². The van der Waals surface area contributed by atoms with Gasteiger partial charge in [0.25, 0.3) is 0 Å². The van der Waals surface area contributed by atoms with Crippen LogP contribution in [0, 0.1) is 28.1 Å². The smallest absolute Gasteiger partial charge is 0.237 e. The van der Waals surface area contributed by atoms with Crippen molar-refractivity contribution in [1.82, 2.24) is 9.97 Å². The summed E-state index contributed by atoms with van der Waals surface area (Å²) in [6.07, 6.45) is 1.41. The summed E-state index contributed by atoms with van der Waals surface area (Å²) in [7, 11) is 0. The maximum atomic E-state index is 13.8. The van der Waals surface area contributed by atoms with Crippen LogP contribution in [0.4, 0.5) is 5.69 Å². The second kappa shape index (κ2) is 6.37. The SMILES string of the molecule is CC(C)c1ccc(NC(=O)C23CCC(C)(c4nc(C#N)c(C#N)nc42)C3(C)C)cc1. The van der Waals surface area contributed by atoms with E-state index in [9.17, 15) is 15.3 Å². The van der Waals surface area contributed by atoms with Crippen molar-refractivity contribution in [2.24, 2.45) is 5.41 Å². The third-order valence-electron chi connectivity index (χ3n) is 7.70. The van der Waals surface area contributed by atoms with Crippen LogP contribution in [-0.2, 0) is 15.6 Å². The Hall–Kier alpha value is -3.25. The first kappa shape index (κ1) is 20.0. The number of anilines is 1. The summed E-state index contributed by atoms with van der Waals surface area (Å²) in [4.78, 5) is 22.8. The normalized spacial score (nSPS) is 25.5. The molecule has 2 atom stereocenters. The molecule has 0 saturated heterocycles. The highest BCUT2D eigenvalue weighted by Gasteiger charge is 2.73. The third-order valence-corrected chi connectivity index (χ3v) is 7.70. The number of fused-ring (bicyclic) bond motifs is 5. The molecule has 1 fully saturated rings. The predicted molar refractivity (Wildman–Crippen MR) is 113 cm³/mol. The Bertz CT molecular complexity index is 1140. The second-order valence-corrected chi connectivity index (χ2v) is 9.43. The number of aromatic nitrogens is 2. The number of amides is 1. The lowest BCUT2D eigenvalue weighted by Crippen LogP contribution is -2.48. The predicted octanol–water partition coefficient (Wildman–Crippen LogP) is 4.31. The van der Waals surface area contributed by atoms with Gasteiger partial charge < -0.3 is 5.32 Å². The molecule has 1 saturated carbocycles. The van der Waals surface area contributed by atoms with Crippen molar-refractivity contribution in [2.75, 3.05) is 5.32 Å². The molecule has 1 aromatic carbocycles. The minimum Gasteiger partial charge on any atom is -0.325 e. The van der Waals surface area contributed by atoms with E-state index in [1.54, 1.807) is 0 Å². The first-order valence-electron chi connectivity index (χ1n) is 10.3. The van der Waals surface area contributed by atoms with Crippen LogP contribution in [0.25, 0.3) is 0 Å². The highest BCUT2D eigenvalue weighted by Crippen LogP contribution is 2.70. The summed E-state index contributed by atoms with van der Waals surface area (Å²) in [6, 6.07) is 11.8. The van der Waals surface area contributed by atoms with Gasteiger partial charge in [-0.05, 0) is 41.9 Å². The van der Waals surface area contributed by atoms with Gasteiger partial charge in [0, 0.05) is 11.1 Å². The average Bonchev–Trinajstić information content (AvgIpc) is 3.02. The lowest BCUT2D eigenvalue weighted by Gasteiger charge is -2.39. The summed E-state index contributed by atoms with van der Waals surface area (Å²) in [6.45, 7) is 10.5. The van der Waals surface area contributed by atoms with Gasteiger partial charge >= 0.3 is 0 Å². The number of nitrogens with one attached hydrogen (secondary N) is 1. The van der Waals surface area contributed by atoms with Gasteiger partial charge in [0.15, 0.2) is 11.4 Å². The fourth-order valence-corrected chi connectivity index (χ4v) is 5.33. The molecule has 1 amide bonds. The van der Waals surface area contributed by atoms with Crippen LogP contribution < -0.4 is 5.32 Å². The molecule has 152 valence electrons. The number of carbonyl (C=O) groups is 1. The van der Waals surface area contributed by atoms with Crippen LogP contribution in [-0.4, -0.2) is 15.9 Å². The summed E-state index contributed by atoms with van der Waals surface area (Å²) in [5.41, 5.74) is 1.42. The Morgan fingerprint density at radius 1 is 1.00 bits per heavy atom. The lowest BCUT2D eigenvalue weighted by molar-refractivity contribution is -0.125. The fraction of sp³-hybridized carbons (Fsp3) is 0.458. The molecule has 1 heterocycles. The van der Waals surface area contributed by atoms with E-state index in [1.807, 2.05) is 36.4 Å². The summed E-state index contributed by atoms with van der Waals surface area (Å²) in [5, 5.41) is 22.0. The van der Waals surface area contributed by atoms with Gasteiger partial charge in [0.2, 0.25) is 5.91 Å². The van der Waals surface area contributed by atoms with E-state index < -0.39 is 16.2 Å². The number of carbonyl (C=O) groups excluding carboxylic acids is 1. The van der Waals surface area contributed by atoms with E-state index in [0.29, 0.717) is 23.7 Å². The maximum Gasteiger partial charge on any atom is 0.237 e. The number of nitriles is 2. The van der Waals surface area contributed by atoms with Crippen molar-refractivity contribution in [3.8, 4) is 12.1 Å². The number of hydrogen-bond donors (Lipinski definition) is 1. The largest absolute Gasteiger partial charge is 0.325 e. The number of benzene rings is 1. The molecule has 2 aliphatic carbocycles. The first-order chi connectivity index (χ1) is 14.1. The van der Waals surface area contributed by atoms with Gasteiger partial charge in [-0.1, -0.05) is 46.8 Å². The monoisotopic (exact) mass is 399 g/mol. The minimum absolute atomic E-state index is 0.0170. The van der Waals surface area contributed by atoms with E-state index in [2.05, 4.69) is 49.9 Å². The number of rotatable bonds is 3. The fourth-order valence-electron chi connectivity index (χ4n) is 5.33.